The predicted octanol–water partition coefficient (Wildman–Crippen LogP) is 4.23. The number of nitrogens with one attached hydrogen (secondary N) is 2. The Bertz CT molecular complexity index is 1710. The highest BCUT2D eigenvalue weighted by Gasteiger charge is 2.38. The summed E-state index contributed by atoms with van der Waals surface area (Å²) < 4.78 is 55.5. The van der Waals surface area contributed by atoms with Gasteiger partial charge in [0.25, 0.3) is 5.91 Å². The van der Waals surface area contributed by atoms with E-state index < -0.39 is 22.2 Å². The van der Waals surface area contributed by atoms with Crippen molar-refractivity contribution in [2.75, 3.05) is 5.32 Å². The average molecular weight is 586 g/mol. The Labute approximate surface area is 232 Å². The second kappa shape index (κ2) is 12.4. The first kappa shape index (κ1) is 30.5. The van der Waals surface area contributed by atoms with E-state index in [1.807, 2.05) is 0 Å². The van der Waals surface area contributed by atoms with Crippen molar-refractivity contribution in [1.29, 1.82) is 5.41 Å². The van der Waals surface area contributed by atoms with Gasteiger partial charge in [-0.25, -0.2) is 18.4 Å². The van der Waals surface area contributed by atoms with Crippen LogP contribution in [0.15, 0.2) is 96.0 Å². The standard InChI is InChI=1S/C25H21N5O3S.C2HF3O2/c26-24(27)18-6-3-5-17(15-18)23-21(8-4-14-29-23)25(31)30-19-12-10-16(11-13-19)20-7-1-2-9-22(20)34(28,32)33;3-2(4,5)1(6)7/h1-15H,(H3,26,27)(H,30,31)(H2,28,32,33);(H,6,7). The van der Waals surface area contributed by atoms with Gasteiger partial charge in [-0.15, -0.1) is 0 Å². The van der Waals surface area contributed by atoms with Crippen LogP contribution in [0.25, 0.3) is 22.4 Å². The number of amidine groups is 1. The Morgan fingerprint density at radius 3 is 2.12 bits per heavy atom. The zero-order valence-electron chi connectivity index (χ0n) is 20.9. The molecule has 0 saturated carbocycles. The van der Waals surface area contributed by atoms with E-state index in [4.69, 9.17) is 26.2 Å². The lowest BCUT2D eigenvalue weighted by Gasteiger charge is -2.12. The van der Waals surface area contributed by atoms with E-state index in [2.05, 4.69) is 10.3 Å². The second-order valence-corrected chi connectivity index (χ2v) is 9.80. The number of nitrogen functional groups attached to an aromatic ring is 1. The Balaban J connectivity index is 0.000000587. The number of pyridine rings is 1. The highest BCUT2D eigenvalue weighted by molar-refractivity contribution is 7.89. The van der Waals surface area contributed by atoms with E-state index in [1.54, 1.807) is 85.1 Å². The molecule has 4 rings (SSSR count). The van der Waals surface area contributed by atoms with Crippen LogP contribution in [0.3, 0.4) is 0 Å². The third-order valence-electron chi connectivity index (χ3n) is 5.39. The number of nitrogens with zero attached hydrogens (tertiary/aromatic N) is 1. The molecule has 14 heteroatoms. The number of amides is 1. The van der Waals surface area contributed by atoms with Crippen LogP contribution in [0.2, 0.25) is 0 Å². The number of halogens is 3. The number of benzene rings is 3. The van der Waals surface area contributed by atoms with Crippen molar-refractivity contribution in [1.82, 2.24) is 4.98 Å². The number of anilines is 1. The number of carbonyl (C=O) groups excluding carboxylic acids is 1. The van der Waals surface area contributed by atoms with Crippen LogP contribution in [-0.4, -0.2) is 42.4 Å². The van der Waals surface area contributed by atoms with Gasteiger partial charge in [-0.1, -0.05) is 48.5 Å². The van der Waals surface area contributed by atoms with E-state index in [-0.39, 0.29) is 16.6 Å². The lowest BCUT2D eigenvalue weighted by molar-refractivity contribution is -0.192. The number of nitrogens with two attached hydrogens (primary N) is 2. The van der Waals surface area contributed by atoms with Crippen LogP contribution >= 0.6 is 0 Å². The van der Waals surface area contributed by atoms with Crippen LogP contribution in [0, 0.1) is 5.41 Å². The van der Waals surface area contributed by atoms with Crippen LogP contribution in [0.4, 0.5) is 18.9 Å². The summed E-state index contributed by atoms with van der Waals surface area (Å²) in [5.41, 5.74) is 9.24. The SMILES string of the molecule is N=C(N)c1cccc(-c2ncccc2C(=O)Nc2ccc(-c3ccccc3S(N)(=O)=O)cc2)c1.O=C(O)C(F)(F)F. The molecule has 1 heterocycles. The van der Waals surface area contributed by atoms with Crippen molar-refractivity contribution >= 4 is 33.4 Å². The lowest BCUT2D eigenvalue weighted by Crippen LogP contribution is -2.21. The summed E-state index contributed by atoms with van der Waals surface area (Å²) in [4.78, 5) is 26.3. The van der Waals surface area contributed by atoms with Gasteiger partial charge in [0.05, 0.1) is 16.2 Å². The summed E-state index contributed by atoms with van der Waals surface area (Å²) in [6, 6.07) is 23.5. The summed E-state index contributed by atoms with van der Waals surface area (Å²) in [6.07, 6.45) is -3.50. The molecule has 3 aromatic carbocycles. The number of aromatic nitrogens is 1. The molecule has 0 saturated heterocycles. The Hall–Kier alpha value is -5.08. The zero-order chi connectivity index (χ0) is 30.4. The monoisotopic (exact) mass is 585 g/mol. The van der Waals surface area contributed by atoms with Crippen molar-refractivity contribution in [3.8, 4) is 22.4 Å². The highest BCUT2D eigenvalue weighted by Crippen LogP contribution is 2.28. The molecule has 0 spiro atoms. The van der Waals surface area contributed by atoms with Crippen molar-refractivity contribution < 1.29 is 36.3 Å². The third kappa shape index (κ3) is 7.97. The Kier molecular flexibility index (Phi) is 9.21. The molecule has 10 nitrogen and oxygen atoms in total. The summed E-state index contributed by atoms with van der Waals surface area (Å²) in [5.74, 6) is -3.20. The quantitative estimate of drug-likeness (QED) is 0.165. The molecule has 0 bridgehead atoms. The van der Waals surface area contributed by atoms with Crippen LogP contribution in [0.5, 0.6) is 0 Å². The van der Waals surface area contributed by atoms with E-state index >= 15 is 0 Å². The minimum Gasteiger partial charge on any atom is -0.475 e. The number of alkyl halides is 3. The van der Waals surface area contributed by atoms with Gasteiger partial charge in [-0.2, -0.15) is 13.2 Å². The van der Waals surface area contributed by atoms with E-state index in [1.165, 1.54) is 6.07 Å². The molecule has 212 valence electrons. The first-order chi connectivity index (χ1) is 19.2. The van der Waals surface area contributed by atoms with Gasteiger partial charge >= 0.3 is 12.1 Å². The maximum atomic E-state index is 13.1. The summed E-state index contributed by atoms with van der Waals surface area (Å²) in [7, 11) is -3.88. The molecular weight excluding hydrogens is 563 g/mol. The van der Waals surface area contributed by atoms with E-state index in [9.17, 15) is 26.4 Å². The van der Waals surface area contributed by atoms with Gasteiger partial charge in [-0.3, -0.25) is 15.2 Å². The highest BCUT2D eigenvalue weighted by atomic mass is 32.2. The molecule has 0 atom stereocenters. The summed E-state index contributed by atoms with van der Waals surface area (Å²) >= 11 is 0. The molecular formula is C27H22F3N5O5S. The molecule has 0 aliphatic rings. The number of hydrogen-bond acceptors (Lipinski definition) is 6. The smallest absolute Gasteiger partial charge is 0.475 e. The molecule has 0 aliphatic heterocycles. The molecule has 0 unspecified atom stereocenters. The number of primary sulfonamides is 1. The van der Waals surface area contributed by atoms with Gasteiger partial charge in [-0.05, 0) is 42.0 Å². The number of carboxylic acids is 1. The Morgan fingerprint density at radius 1 is 0.902 bits per heavy atom. The third-order valence-corrected chi connectivity index (χ3v) is 6.36. The van der Waals surface area contributed by atoms with Crippen molar-refractivity contribution in [3.05, 3.63) is 102 Å². The molecule has 4 aromatic rings. The topological polar surface area (TPSA) is 189 Å². The van der Waals surface area contributed by atoms with Gasteiger partial charge in [0.2, 0.25) is 10.0 Å². The minimum atomic E-state index is -5.08. The first-order valence-electron chi connectivity index (χ1n) is 11.4. The van der Waals surface area contributed by atoms with Crippen LogP contribution < -0.4 is 16.2 Å². The maximum absolute atomic E-state index is 13.1. The molecule has 0 fully saturated rings. The molecule has 7 N–H and O–H groups in total. The van der Waals surface area contributed by atoms with Crippen molar-refractivity contribution in [2.45, 2.75) is 11.1 Å². The maximum Gasteiger partial charge on any atom is 0.490 e. The lowest BCUT2D eigenvalue weighted by atomic mass is 10.0. The van der Waals surface area contributed by atoms with Crippen LogP contribution in [-0.2, 0) is 14.8 Å². The van der Waals surface area contributed by atoms with Crippen molar-refractivity contribution in [3.63, 3.8) is 0 Å². The normalized spacial score (nSPS) is 11.1. The fourth-order valence-corrected chi connectivity index (χ4v) is 4.30. The second-order valence-electron chi connectivity index (χ2n) is 8.27. The fourth-order valence-electron chi connectivity index (χ4n) is 3.54. The van der Waals surface area contributed by atoms with Crippen LogP contribution in [0.1, 0.15) is 15.9 Å². The molecule has 1 amide bonds. The fraction of sp³-hybridized carbons (Fsp3) is 0.0370. The van der Waals surface area contributed by atoms with Gasteiger partial charge < -0.3 is 16.2 Å². The first-order valence-corrected chi connectivity index (χ1v) is 13.0. The molecule has 0 radical (unpaired) electrons. The number of carboxylic acid groups (broad SMARTS) is 1. The molecule has 0 aliphatic carbocycles. The number of aliphatic carboxylic acids is 1. The predicted molar refractivity (Wildman–Crippen MR) is 146 cm³/mol. The number of carbonyl (C=O) groups is 2. The average Bonchev–Trinajstić information content (AvgIpc) is 2.93. The van der Waals surface area contributed by atoms with Crippen molar-refractivity contribution in [2.24, 2.45) is 10.9 Å². The largest absolute Gasteiger partial charge is 0.490 e. The molecule has 1 aromatic heterocycles. The van der Waals surface area contributed by atoms with Gasteiger partial charge in [0.1, 0.15) is 5.84 Å². The Morgan fingerprint density at radius 2 is 1.54 bits per heavy atom. The number of sulfonamides is 1. The van der Waals surface area contributed by atoms with Gasteiger partial charge in [0, 0.05) is 28.6 Å². The summed E-state index contributed by atoms with van der Waals surface area (Å²) in [6.45, 7) is 0. The number of rotatable bonds is 6. The van der Waals surface area contributed by atoms with Gasteiger partial charge in [0.15, 0.2) is 0 Å². The van der Waals surface area contributed by atoms with E-state index in [0.29, 0.717) is 39.2 Å². The van der Waals surface area contributed by atoms with E-state index in [0.717, 1.165) is 0 Å². The minimum absolute atomic E-state index is 0.0274. The molecule has 41 heavy (non-hydrogen) atoms. The number of hydrogen-bond donors (Lipinski definition) is 5. The summed E-state index contributed by atoms with van der Waals surface area (Å²) in [5, 5.41) is 22.9. The zero-order valence-corrected chi connectivity index (χ0v) is 21.7.